The molecule has 2 saturated carbocycles. The molecule has 0 saturated heterocycles. The summed E-state index contributed by atoms with van der Waals surface area (Å²) in [4.78, 5) is 0. The largest absolute Gasteiger partial charge is 0.314 e. The Balaban J connectivity index is 1.87. The van der Waals surface area contributed by atoms with E-state index in [9.17, 15) is 0 Å². The van der Waals surface area contributed by atoms with E-state index in [2.05, 4.69) is 26.1 Å². The first-order valence-electron chi connectivity index (χ1n) is 5.95. The van der Waals surface area contributed by atoms with Gasteiger partial charge in [-0.25, -0.2) is 0 Å². The lowest BCUT2D eigenvalue weighted by Gasteiger charge is -2.29. The van der Waals surface area contributed by atoms with Gasteiger partial charge in [0, 0.05) is 6.04 Å². The molecule has 1 N–H and O–H groups in total. The maximum atomic E-state index is 3.67. The minimum absolute atomic E-state index is 0.790. The van der Waals surface area contributed by atoms with E-state index in [0.717, 1.165) is 36.3 Å². The number of hydrogen-bond donors (Lipinski definition) is 1. The Hall–Kier alpha value is -0.0400. The fourth-order valence-electron chi connectivity index (χ4n) is 3.24. The molecular formula is C12H23N. The lowest BCUT2D eigenvalue weighted by Crippen LogP contribution is -2.39. The quantitative estimate of drug-likeness (QED) is 0.703. The Bertz CT molecular complexity index is 166. The molecule has 2 aliphatic carbocycles. The van der Waals surface area contributed by atoms with Crippen molar-refractivity contribution in [1.29, 1.82) is 0 Å². The third-order valence-corrected chi connectivity index (χ3v) is 3.95. The highest BCUT2D eigenvalue weighted by atomic mass is 14.9. The van der Waals surface area contributed by atoms with Gasteiger partial charge in [0.1, 0.15) is 0 Å². The summed E-state index contributed by atoms with van der Waals surface area (Å²) in [6.45, 7) is 8.08. The van der Waals surface area contributed by atoms with Crippen LogP contribution in [0.1, 0.15) is 40.0 Å². The summed E-state index contributed by atoms with van der Waals surface area (Å²) in [5.41, 5.74) is 0. The molecule has 13 heavy (non-hydrogen) atoms. The molecule has 0 aliphatic heterocycles. The molecule has 0 bridgehead atoms. The van der Waals surface area contributed by atoms with E-state index in [1.54, 1.807) is 6.42 Å². The normalized spacial score (nSPS) is 39.2. The molecule has 76 valence electrons. The van der Waals surface area contributed by atoms with Crippen molar-refractivity contribution in [3.63, 3.8) is 0 Å². The fraction of sp³-hybridized carbons (Fsp3) is 1.00. The Labute approximate surface area is 82.3 Å². The summed E-state index contributed by atoms with van der Waals surface area (Å²) < 4.78 is 0. The highest BCUT2D eigenvalue weighted by molar-refractivity contribution is 4.99. The Morgan fingerprint density at radius 2 is 1.77 bits per heavy atom. The topological polar surface area (TPSA) is 12.0 Å². The predicted octanol–water partition coefficient (Wildman–Crippen LogP) is 2.67. The van der Waals surface area contributed by atoms with Gasteiger partial charge in [-0.15, -0.1) is 0 Å². The van der Waals surface area contributed by atoms with E-state index in [-0.39, 0.29) is 0 Å². The summed E-state index contributed by atoms with van der Waals surface area (Å²) in [6.07, 6.45) is 4.58. The van der Waals surface area contributed by atoms with Crippen LogP contribution < -0.4 is 5.32 Å². The number of fused-ring (bicyclic) bond motifs is 1. The van der Waals surface area contributed by atoms with Crippen molar-refractivity contribution in [2.75, 3.05) is 6.54 Å². The number of rotatable bonds is 4. The van der Waals surface area contributed by atoms with E-state index in [1.807, 2.05) is 0 Å². The summed E-state index contributed by atoms with van der Waals surface area (Å²) in [5.74, 6) is 4.06. The van der Waals surface area contributed by atoms with Crippen LogP contribution in [0.25, 0.3) is 0 Å². The van der Waals surface area contributed by atoms with Crippen molar-refractivity contribution in [2.45, 2.75) is 46.1 Å². The average molecular weight is 181 g/mol. The zero-order valence-corrected chi connectivity index (χ0v) is 9.22. The summed E-state index contributed by atoms with van der Waals surface area (Å²) in [6, 6.07) is 0.790. The summed E-state index contributed by atoms with van der Waals surface area (Å²) in [7, 11) is 0. The minimum Gasteiger partial charge on any atom is -0.314 e. The molecule has 0 radical (unpaired) electrons. The molecule has 2 rings (SSSR count). The second-order valence-corrected chi connectivity index (χ2v) is 5.31. The van der Waals surface area contributed by atoms with Gasteiger partial charge in [0.2, 0.25) is 0 Å². The molecule has 3 atom stereocenters. The van der Waals surface area contributed by atoms with Crippen molar-refractivity contribution in [1.82, 2.24) is 5.32 Å². The molecule has 0 aromatic heterocycles. The first-order valence-corrected chi connectivity index (χ1v) is 5.95. The Morgan fingerprint density at radius 3 is 2.23 bits per heavy atom. The van der Waals surface area contributed by atoms with Gasteiger partial charge >= 0.3 is 0 Å². The van der Waals surface area contributed by atoms with Crippen molar-refractivity contribution in [3.05, 3.63) is 0 Å². The molecule has 2 fully saturated rings. The zero-order valence-electron chi connectivity index (χ0n) is 9.22. The van der Waals surface area contributed by atoms with Crippen LogP contribution in [0.3, 0.4) is 0 Å². The SMILES string of the molecule is CCNC(C(C)C)C1CC2CC2C1. The monoisotopic (exact) mass is 181 g/mol. The molecule has 0 heterocycles. The van der Waals surface area contributed by atoms with E-state index >= 15 is 0 Å². The molecule has 0 aromatic rings. The molecule has 1 heteroatoms. The number of nitrogens with one attached hydrogen (secondary N) is 1. The van der Waals surface area contributed by atoms with Crippen molar-refractivity contribution in [3.8, 4) is 0 Å². The smallest absolute Gasteiger partial charge is 0.0118 e. The first kappa shape index (κ1) is 9.51. The highest BCUT2D eigenvalue weighted by Gasteiger charge is 2.47. The summed E-state index contributed by atoms with van der Waals surface area (Å²) >= 11 is 0. The third-order valence-electron chi connectivity index (χ3n) is 3.95. The van der Waals surface area contributed by atoms with Gasteiger partial charge in [-0.2, -0.15) is 0 Å². The average Bonchev–Trinajstić information content (AvgIpc) is 2.69. The van der Waals surface area contributed by atoms with Gasteiger partial charge in [0.25, 0.3) is 0 Å². The lowest BCUT2D eigenvalue weighted by atomic mass is 9.87. The van der Waals surface area contributed by atoms with Crippen molar-refractivity contribution in [2.24, 2.45) is 23.7 Å². The van der Waals surface area contributed by atoms with Crippen LogP contribution in [-0.2, 0) is 0 Å². The van der Waals surface area contributed by atoms with Crippen LogP contribution in [0.2, 0.25) is 0 Å². The predicted molar refractivity (Wildman–Crippen MR) is 56.6 cm³/mol. The van der Waals surface area contributed by atoms with Crippen molar-refractivity contribution >= 4 is 0 Å². The fourth-order valence-corrected chi connectivity index (χ4v) is 3.24. The lowest BCUT2D eigenvalue weighted by molar-refractivity contribution is 0.273. The first-order chi connectivity index (χ1) is 6.22. The van der Waals surface area contributed by atoms with E-state index < -0.39 is 0 Å². The van der Waals surface area contributed by atoms with Crippen molar-refractivity contribution < 1.29 is 0 Å². The summed E-state index contributed by atoms with van der Waals surface area (Å²) in [5, 5.41) is 3.67. The maximum absolute atomic E-state index is 3.67. The van der Waals surface area contributed by atoms with Gasteiger partial charge in [0.15, 0.2) is 0 Å². The molecule has 1 nitrogen and oxygen atoms in total. The molecule has 3 unspecified atom stereocenters. The van der Waals surface area contributed by atoms with Gasteiger partial charge in [0.05, 0.1) is 0 Å². The van der Waals surface area contributed by atoms with E-state index in [0.29, 0.717) is 0 Å². The third kappa shape index (κ3) is 1.90. The van der Waals surface area contributed by atoms with Gasteiger partial charge in [-0.3, -0.25) is 0 Å². The highest BCUT2D eigenvalue weighted by Crippen LogP contribution is 2.55. The molecular weight excluding hydrogens is 158 g/mol. The van der Waals surface area contributed by atoms with Crippen LogP contribution in [0, 0.1) is 23.7 Å². The molecule has 0 aromatic carbocycles. The standard InChI is InChI=1S/C12H23N/c1-4-13-12(8(2)3)11-6-9-5-10(9)7-11/h8-13H,4-7H2,1-3H3. The molecule has 0 spiro atoms. The van der Waals surface area contributed by atoms with E-state index in [1.165, 1.54) is 12.8 Å². The van der Waals surface area contributed by atoms with Gasteiger partial charge in [-0.1, -0.05) is 20.8 Å². The van der Waals surface area contributed by atoms with E-state index in [4.69, 9.17) is 0 Å². The second-order valence-electron chi connectivity index (χ2n) is 5.31. The Kier molecular flexibility index (Phi) is 2.64. The number of hydrogen-bond acceptors (Lipinski definition) is 1. The molecule has 2 aliphatic rings. The molecule has 0 amide bonds. The second kappa shape index (κ2) is 3.61. The van der Waals surface area contributed by atoms with Gasteiger partial charge in [-0.05, 0) is 49.5 Å². The van der Waals surface area contributed by atoms with Crippen LogP contribution >= 0.6 is 0 Å². The zero-order chi connectivity index (χ0) is 9.42. The van der Waals surface area contributed by atoms with Crippen LogP contribution in [0.5, 0.6) is 0 Å². The van der Waals surface area contributed by atoms with Crippen LogP contribution in [0.15, 0.2) is 0 Å². The van der Waals surface area contributed by atoms with Crippen LogP contribution in [0.4, 0.5) is 0 Å². The minimum atomic E-state index is 0.790. The maximum Gasteiger partial charge on any atom is 0.0118 e. The van der Waals surface area contributed by atoms with Gasteiger partial charge < -0.3 is 5.32 Å². The Morgan fingerprint density at radius 1 is 1.15 bits per heavy atom. The van der Waals surface area contributed by atoms with Crippen LogP contribution in [-0.4, -0.2) is 12.6 Å².